The van der Waals surface area contributed by atoms with Gasteiger partial charge in [0.05, 0.1) is 10.5 Å². The highest BCUT2D eigenvalue weighted by atomic mass is 32.2. The van der Waals surface area contributed by atoms with Crippen LogP contribution >= 0.6 is 0 Å². The molecular formula is C12H16O2S. The van der Waals surface area contributed by atoms with Gasteiger partial charge in [-0.15, -0.1) is 0 Å². The van der Waals surface area contributed by atoms with Gasteiger partial charge in [0.15, 0.2) is 9.84 Å². The second-order valence-corrected chi connectivity index (χ2v) is 6.85. The zero-order chi connectivity index (χ0) is 11.1. The molecule has 0 saturated carbocycles. The molecule has 0 N–H and O–H groups in total. The summed E-state index contributed by atoms with van der Waals surface area (Å²) >= 11 is 0. The second kappa shape index (κ2) is 3.63. The Morgan fingerprint density at radius 2 is 1.80 bits per heavy atom. The number of benzene rings is 1. The van der Waals surface area contributed by atoms with Gasteiger partial charge in [-0.3, -0.25) is 0 Å². The van der Waals surface area contributed by atoms with Gasteiger partial charge in [-0.05, 0) is 17.9 Å². The van der Waals surface area contributed by atoms with Crippen LogP contribution < -0.4 is 0 Å². The van der Waals surface area contributed by atoms with Crippen LogP contribution in [0.15, 0.2) is 30.3 Å². The third-order valence-corrected chi connectivity index (χ3v) is 5.65. The molecule has 82 valence electrons. The van der Waals surface area contributed by atoms with Crippen LogP contribution in [0.1, 0.15) is 19.4 Å². The molecule has 1 aliphatic rings. The smallest absolute Gasteiger partial charge is 0.159 e. The highest BCUT2D eigenvalue weighted by Gasteiger charge is 2.57. The standard InChI is InChI=1S/C12H16O2S/c1-9(2)12-11(15(12,13)14)8-10-6-4-3-5-7-10/h3-7,9,11-12H,8H2,1-2H3/t11-,12-/m1/s1. The van der Waals surface area contributed by atoms with E-state index in [4.69, 9.17) is 0 Å². The Morgan fingerprint density at radius 1 is 1.20 bits per heavy atom. The fourth-order valence-corrected chi connectivity index (χ4v) is 4.79. The average molecular weight is 224 g/mol. The lowest BCUT2D eigenvalue weighted by Crippen LogP contribution is -2.04. The van der Waals surface area contributed by atoms with E-state index in [1.807, 2.05) is 44.2 Å². The molecule has 1 aliphatic heterocycles. The highest BCUT2D eigenvalue weighted by Crippen LogP contribution is 2.40. The fraction of sp³-hybridized carbons (Fsp3) is 0.500. The second-order valence-electron chi connectivity index (χ2n) is 4.53. The van der Waals surface area contributed by atoms with Gasteiger partial charge in [0, 0.05) is 0 Å². The van der Waals surface area contributed by atoms with Crippen molar-refractivity contribution in [1.29, 1.82) is 0 Å². The first kappa shape index (κ1) is 10.7. The zero-order valence-corrected chi connectivity index (χ0v) is 9.87. The first-order chi connectivity index (χ1) is 7.03. The Kier molecular flexibility index (Phi) is 2.59. The maximum Gasteiger partial charge on any atom is 0.159 e. The molecule has 2 atom stereocenters. The van der Waals surface area contributed by atoms with Gasteiger partial charge in [-0.25, -0.2) is 8.42 Å². The third-order valence-electron chi connectivity index (χ3n) is 3.03. The summed E-state index contributed by atoms with van der Waals surface area (Å²) in [4.78, 5) is 0. The first-order valence-corrected chi connectivity index (χ1v) is 6.91. The monoisotopic (exact) mass is 224 g/mol. The molecule has 0 unspecified atom stereocenters. The molecule has 1 fully saturated rings. The summed E-state index contributed by atoms with van der Waals surface area (Å²) in [6.45, 7) is 3.96. The van der Waals surface area contributed by atoms with Crippen LogP contribution in [0.25, 0.3) is 0 Å². The van der Waals surface area contributed by atoms with Crippen molar-refractivity contribution in [2.75, 3.05) is 0 Å². The van der Waals surface area contributed by atoms with Gasteiger partial charge in [-0.2, -0.15) is 0 Å². The molecule has 1 heterocycles. The maximum absolute atomic E-state index is 11.7. The molecule has 15 heavy (non-hydrogen) atoms. The summed E-state index contributed by atoms with van der Waals surface area (Å²) in [6.07, 6.45) is 0.673. The van der Waals surface area contributed by atoms with Crippen molar-refractivity contribution in [1.82, 2.24) is 0 Å². The van der Waals surface area contributed by atoms with Crippen molar-refractivity contribution in [2.45, 2.75) is 30.8 Å². The Hall–Kier alpha value is -0.830. The fourth-order valence-electron chi connectivity index (χ4n) is 2.23. The highest BCUT2D eigenvalue weighted by molar-refractivity contribution is 8.00. The van der Waals surface area contributed by atoms with Crippen LogP contribution in [0, 0.1) is 5.92 Å². The minimum Gasteiger partial charge on any atom is -0.228 e. The molecule has 1 aromatic carbocycles. The lowest BCUT2D eigenvalue weighted by Gasteiger charge is -1.99. The van der Waals surface area contributed by atoms with Crippen molar-refractivity contribution >= 4 is 9.84 Å². The lowest BCUT2D eigenvalue weighted by molar-refractivity contribution is 0.598. The zero-order valence-electron chi connectivity index (χ0n) is 9.05. The summed E-state index contributed by atoms with van der Waals surface area (Å²) in [6, 6.07) is 9.84. The van der Waals surface area contributed by atoms with Gasteiger partial charge in [0.1, 0.15) is 0 Å². The maximum atomic E-state index is 11.7. The molecular weight excluding hydrogens is 208 g/mol. The molecule has 2 rings (SSSR count). The van der Waals surface area contributed by atoms with Gasteiger partial charge in [0.25, 0.3) is 0 Å². The van der Waals surface area contributed by atoms with Crippen molar-refractivity contribution in [3.8, 4) is 0 Å². The Labute approximate surface area is 91.2 Å². The quantitative estimate of drug-likeness (QED) is 0.736. The summed E-state index contributed by atoms with van der Waals surface area (Å²) < 4.78 is 23.3. The predicted octanol–water partition coefficient (Wildman–Crippen LogP) is 2.05. The minimum absolute atomic E-state index is 0.113. The number of sulfone groups is 1. The molecule has 1 aromatic rings. The van der Waals surface area contributed by atoms with E-state index in [1.54, 1.807) is 0 Å². The third kappa shape index (κ3) is 1.93. The first-order valence-electron chi connectivity index (χ1n) is 5.30. The van der Waals surface area contributed by atoms with Gasteiger partial charge in [-0.1, -0.05) is 44.2 Å². The Balaban J connectivity index is 2.11. The van der Waals surface area contributed by atoms with E-state index in [0.717, 1.165) is 5.56 Å². The van der Waals surface area contributed by atoms with E-state index in [0.29, 0.717) is 6.42 Å². The van der Waals surface area contributed by atoms with E-state index < -0.39 is 9.84 Å². The number of hydrogen-bond acceptors (Lipinski definition) is 2. The van der Waals surface area contributed by atoms with E-state index in [1.165, 1.54) is 0 Å². The molecule has 3 heteroatoms. The van der Waals surface area contributed by atoms with Crippen LogP contribution in [-0.4, -0.2) is 18.9 Å². The molecule has 0 bridgehead atoms. The van der Waals surface area contributed by atoms with Crippen LogP contribution in [0.2, 0.25) is 0 Å². The van der Waals surface area contributed by atoms with Crippen molar-refractivity contribution in [3.63, 3.8) is 0 Å². The Bertz CT molecular complexity index is 434. The minimum atomic E-state index is -2.80. The molecule has 0 aliphatic carbocycles. The van der Waals surface area contributed by atoms with Crippen molar-refractivity contribution < 1.29 is 8.42 Å². The molecule has 0 radical (unpaired) electrons. The van der Waals surface area contributed by atoms with Crippen LogP contribution in [0.3, 0.4) is 0 Å². The van der Waals surface area contributed by atoms with Crippen LogP contribution in [-0.2, 0) is 16.3 Å². The summed E-state index contributed by atoms with van der Waals surface area (Å²) in [5.74, 6) is 0.240. The molecule has 0 spiro atoms. The SMILES string of the molecule is CC(C)[C@@H]1[C@@H](Cc2ccccc2)S1(=O)=O. The van der Waals surface area contributed by atoms with Crippen molar-refractivity contribution in [3.05, 3.63) is 35.9 Å². The van der Waals surface area contributed by atoms with Crippen LogP contribution in [0.5, 0.6) is 0 Å². The van der Waals surface area contributed by atoms with Crippen molar-refractivity contribution in [2.24, 2.45) is 5.92 Å². The van der Waals surface area contributed by atoms with E-state index in [2.05, 4.69) is 0 Å². The normalized spacial score (nSPS) is 27.9. The number of rotatable bonds is 3. The van der Waals surface area contributed by atoms with E-state index in [9.17, 15) is 8.42 Å². The van der Waals surface area contributed by atoms with E-state index >= 15 is 0 Å². The van der Waals surface area contributed by atoms with Crippen LogP contribution in [0.4, 0.5) is 0 Å². The van der Waals surface area contributed by atoms with Gasteiger partial charge in [0.2, 0.25) is 0 Å². The molecule has 0 amide bonds. The topological polar surface area (TPSA) is 34.1 Å². The summed E-state index contributed by atoms with van der Waals surface area (Å²) in [5, 5.41) is -0.252. The number of hydrogen-bond donors (Lipinski definition) is 0. The summed E-state index contributed by atoms with van der Waals surface area (Å²) in [5.41, 5.74) is 1.12. The van der Waals surface area contributed by atoms with Gasteiger partial charge >= 0.3 is 0 Å². The predicted molar refractivity (Wildman–Crippen MR) is 61.5 cm³/mol. The largest absolute Gasteiger partial charge is 0.228 e. The molecule has 2 nitrogen and oxygen atoms in total. The Morgan fingerprint density at radius 3 is 2.27 bits per heavy atom. The van der Waals surface area contributed by atoms with Gasteiger partial charge < -0.3 is 0 Å². The average Bonchev–Trinajstić information content (AvgIpc) is 2.70. The molecule has 1 saturated heterocycles. The lowest BCUT2D eigenvalue weighted by atomic mass is 10.0. The molecule has 0 aromatic heterocycles. The van der Waals surface area contributed by atoms with E-state index in [-0.39, 0.29) is 16.4 Å². The summed E-state index contributed by atoms with van der Waals surface area (Å²) in [7, 11) is -2.80.